The molecule has 3 nitrogen and oxygen atoms in total. The third-order valence-electron chi connectivity index (χ3n) is 1.73. The van der Waals surface area contributed by atoms with Crippen molar-refractivity contribution in [1.29, 1.82) is 0 Å². The molecule has 1 rings (SSSR count). The van der Waals surface area contributed by atoms with E-state index in [1.807, 2.05) is 0 Å². The molecule has 0 unspecified atom stereocenters. The molecule has 1 aromatic carbocycles. The maximum absolute atomic E-state index is 13.1. The molecule has 0 amide bonds. The van der Waals surface area contributed by atoms with Crippen LogP contribution in [0.4, 0.5) is 14.5 Å². The maximum Gasteiger partial charge on any atom is 0.310 e. The standard InChI is InChI=1S/C9H9F2NO2.ClH/c1-14-9(13)3-5-2-7(11)8(12)4-6(5)10;/h2,4H,3,12H2,1H3;1H. The molecule has 2 N–H and O–H groups in total. The largest absolute Gasteiger partial charge is 0.469 e. The van der Waals surface area contributed by atoms with E-state index in [4.69, 9.17) is 5.73 Å². The van der Waals surface area contributed by atoms with E-state index in [-0.39, 0.29) is 30.1 Å². The van der Waals surface area contributed by atoms with Gasteiger partial charge in [0.25, 0.3) is 0 Å². The SMILES string of the molecule is COC(=O)Cc1cc(F)c(N)cc1F.Cl. The van der Waals surface area contributed by atoms with Crippen molar-refractivity contribution in [3.05, 3.63) is 29.3 Å². The fraction of sp³-hybridized carbons (Fsp3) is 0.222. The van der Waals surface area contributed by atoms with E-state index in [9.17, 15) is 13.6 Å². The molecule has 0 aliphatic carbocycles. The number of nitrogen functional groups attached to an aromatic ring is 1. The average Bonchev–Trinajstić information content (AvgIpc) is 2.14. The summed E-state index contributed by atoms with van der Waals surface area (Å²) in [6.07, 6.45) is -0.306. The molecule has 0 saturated carbocycles. The molecule has 0 fully saturated rings. The molecule has 1 aromatic rings. The van der Waals surface area contributed by atoms with Crippen LogP contribution in [0.5, 0.6) is 0 Å². The molecule has 0 spiro atoms. The highest BCUT2D eigenvalue weighted by molar-refractivity contribution is 5.85. The Kier molecular flexibility index (Phi) is 5.00. The molecule has 6 heteroatoms. The fourth-order valence-corrected chi connectivity index (χ4v) is 0.967. The quantitative estimate of drug-likeness (QED) is 0.629. The first kappa shape index (κ1) is 13.6. The third-order valence-corrected chi connectivity index (χ3v) is 1.73. The van der Waals surface area contributed by atoms with Gasteiger partial charge in [-0.1, -0.05) is 0 Å². The van der Waals surface area contributed by atoms with Gasteiger partial charge in [0.15, 0.2) is 0 Å². The van der Waals surface area contributed by atoms with Gasteiger partial charge in [-0.05, 0) is 6.07 Å². The van der Waals surface area contributed by atoms with Crippen LogP contribution in [0.15, 0.2) is 12.1 Å². The van der Waals surface area contributed by atoms with Crippen LogP contribution in [0.25, 0.3) is 0 Å². The number of benzene rings is 1. The first-order valence-electron chi connectivity index (χ1n) is 3.84. The summed E-state index contributed by atoms with van der Waals surface area (Å²) in [7, 11) is 1.17. The van der Waals surface area contributed by atoms with Gasteiger partial charge in [-0.3, -0.25) is 4.79 Å². The van der Waals surface area contributed by atoms with E-state index in [2.05, 4.69) is 4.74 Å². The minimum atomic E-state index is -0.745. The van der Waals surface area contributed by atoms with Crippen LogP contribution in [0, 0.1) is 11.6 Å². The lowest BCUT2D eigenvalue weighted by Crippen LogP contribution is -2.07. The molecule has 0 aromatic heterocycles. The highest BCUT2D eigenvalue weighted by Gasteiger charge is 2.11. The number of nitrogens with two attached hydrogens (primary N) is 1. The summed E-state index contributed by atoms with van der Waals surface area (Å²) in [5, 5.41) is 0. The van der Waals surface area contributed by atoms with Crippen LogP contribution in [0.2, 0.25) is 0 Å². The third kappa shape index (κ3) is 3.36. The van der Waals surface area contributed by atoms with Crippen LogP contribution < -0.4 is 5.73 Å². The van der Waals surface area contributed by atoms with Crippen molar-refractivity contribution in [1.82, 2.24) is 0 Å². The zero-order valence-electron chi connectivity index (χ0n) is 7.92. The summed E-state index contributed by atoms with van der Waals surface area (Å²) in [5.41, 5.74) is 4.77. The predicted octanol–water partition coefficient (Wildman–Crippen LogP) is 1.68. The second kappa shape index (κ2) is 5.50. The van der Waals surface area contributed by atoms with Crippen molar-refractivity contribution < 1.29 is 18.3 Å². The molecule has 0 radical (unpaired) electrons. The molecule has 0 heterocycles. The number of rotatable bonds is 2. The number of carbonyl (C=O) groups excluding carboxylic acids is 1. The Hall–Kier alpha value is -1.36. The Morgan fingerprint density at radius 1 is 1.40 bits per heavy atom. The molecule has 0 atom stereocenters. The van der Waals surface area contributed by atoms with E-state index in [1.165, 1.54) is 7.11 Å². The lowest BCUT2D eigenvalue weighted by atomic mass is 10.1. The van der Waals surface area contributed by atoms with Crippen molar-refractivity contribution in [2.75, 3.05) is 12.8 Å². The van der Waals surface area contributed by atoms with Crippen LogP contribution in [-0.4, -0.2) is 13.1 Å². The van der Waals surface area contributed by atoms with Gasteiger partial charge in [0, 0.05) is 11.6 Å². The Morgan fingerprint density at radius 3 is 2.53 bits per heavy atom. The number of hydrogen-bond donors (Lipinski definition) is 1. The normalized spacial score (nSPS) is 9.27. The monoisotopic (exact) mass is 237 g/mol. The smallest absolute Gasteiger partial charge is 0.310 e. The Balaban J connectivity index is 0.00000196. The topological polar surface area (TPSA) is 52.3 Å². The van der Waals surface area contributed by atoms with Crippen LogP contribution in [0.1, 0.15) is 5.56 Å². The highest BCUT2D eigenvalue weighted by Crippen LogP contribution is 2.17. The van der Waals surface area contributed by atoms with Crippen molar-refractivity contribution in [2.24, 2.45) is 0 Å². The molecule has 0 aliphatic heterocycles. The second-order valence-electron chi connectivity index (χ2n) is 2.72. The zero-order chi connectivity index (χ0) is 10.7. The van der Waals surface area contributed by atoms with Gasteiger partial charge in [0.05, 0.1) is 19.2 Å². The summed E-state index contributed by atoms with van der Waals surface area (Å²) in [6, 6.07) is 1.73. The first-order valence-corrected chi connectivity index (χ1v) is 3.84. The van der Waals surface area contributed by atoms with Gasteiger partial charge >= 0.3 is 5.97 Å². The zero-order valence-corrected chi connectivity index (χ0v) is 8.74. The second-order valence-corrected chi connectivity index (χ2v) is 2.72. The number of carbonyl (C=O) groups is 1. The minimum absolute atomic E-state index is 0. The molecule has 0 bridgehead atoms. The summed E-state index contributed by atoms with van der Waals surface area (Å²) >= 11 is 0. The van der Waals surface area contributed by atoms with Gasteiger partial charge in [0.1, 0.15) is 11.6 Å². The number of methoxy groups -OCH3 is 1. The number of anilines is 1. The maximum atomic E-state index is 13.1. The molecular weight excluding hydrogens is 228 g/mol. The van der Waals surface area contributed by atoms with Gasteiger partial charge < -0.3 is 10.5 Å². The van der Waals surface area contributed by atoms with E-state index >= 15 is 0 Å². The Morgan fingerprint density at radius 2 is 2.00 bits per heavy atom. The van der Waals surface area contributed by atoms with Crippen molar-refractivity contribution in [3.63, 3.8) is 0 Å². The van der Waals surface area contributed by atoms with E-state index < -0.39 is 17.6 Å². The number of hydrogen-bond acceptors (Lipinski definition) is 3. The van der Waals surface area contributed by atoms with E-state index in [0.29, 0.717) is 0 Å². The highest BCUT2D eigenvalue weighted by atomic mass is 35.5. The fourth-order valence-electron chi connectivity index (χ4n) is 0.967. The molecule has 0 aliphatic rings. The molecule has 84 valence electrons. The van der Waals surface area contributed by atoms with Gasteiger partial charge in [-0.15, -0.1) is 12.4 Å². The van der Waals surface area contributed by atoms with Crippen LogP contribution in [0.3, 0.4) is 0 Å². The molecule has 15 heavy (non-hydrogen) atoms. The van der Waals surface area contributed by atoms with Gasteiger partial charge in [0.2, 0.25) is 0 Å². The van der Waals surface area contributed by atoms with Crippen molar-refractivity contribution in [3.8, 4) is 0 Å². The lowest BCUT2D eigenvalue weighted by Gasteiger charge is -2.03. The first-order chi connectivity index (χ1) is 6.54. The van der Waals surface area contributed by atoms with Crippen LogP contribution >= 0.6 is 12.4 Å². The number of halogens is 3. The Labute approximate surface area is 91.6 Å². The Bertz CT molecular complexity index is 371. The molecule has 0 saturated heterocycles. The summed E-state index contributed by atoms with van der Waals surface area (Å²) in [4.78, 5) is 10.8. The van der Waals surface area contributed by atoms with E-state index in [0.717, 1.165) is 12.1 Å². The summed E-state index contributed by atoms with van der Waals surface area (Å²) in [5.74, 6) is -2.09. The summed E-state index contributed by atoms with van der Waals surface area (Å²) < 4.78 is 30.3. The van der Waals surface area contributed by atoms with Gasteiger partial charge in [-0.25, -0.2) is 8.78 Å². The van der Waals surface area contributed by atoms with E-state index in [1.54, 1.807) is 0 Å². The number of esters is 1. The predicted molar refractivity (Wildman–Crippen MR) is 53.7 cm³/mol. The van der Waals surface area contributed by atoms with Crippen LogP contribution in [-0.2, 0) is 16.0 Å². The minimum Gasteiger partial charge on any atom is -0.469 e. The summed E-state index contributed by atoms with van der Waals surface area (Å²) in [6.45, 7) is 0. The average molecular weight is 238 g/mol. The van der Waals surface area contributed by atoms with Crippen molar-refractivity contribution >= 4 is 24.1 Å². The van der Waals surface area contributed by atoms with Gasteiger partial charge in [-0.2, -0.15) is 0 Å². The molecular formula is C9H10ClF2NO2. The number of ether oxygens (including phenoxy) is 1. The van der Waals surface area contributed by atoms with Crippen molar-refractivity contribution in [2.45, 2.75) is 6.42 Å². The lowest BCUT2D eigenvalue weighted by molar-refractivity contribution is -0.139.